The first-order chi connectivity index (χ1) is 9.52. The van der Waals surface area contributed by atoms with E-state index in [2.05, 4.69) is 23.8 Å². The molecule has 20 heavy (non-hydrogen) atoms. The number of phenols is 1. The van der Waals surface area contributed by atoms with Crippen molar-refractivity contribution in [3.05, 3.63) is 23.8 Å². The minimum Gasteiger partial charge on any atom is -0.507 e. The van der Waals surface area contributed by atoms with E-state index in [-0.39, 0.29) is 5.75 Å². The second-order valence-corrected chi connectivity index (χ2v) is 5.79. The second kappa shape index (κ2) is 6.46. The molecule has 2 atom stereocenters. The molecule has 2 unspecified atom stereocenters. The van der Waals surface area contributed by atoms with Gasteiger partial charge in [0, 0.05) is 36.4 Å². The fraction of sp³-hybridized carbons (Fsp3) is 0.625. The molecule has 2 rings (SSSR count). The van der Waals surface area contributed by atoms with E-state index >= 15 is 0 Å². The van der Waals surface area contributed by atoms with Crippen LogP contribution in [0.4, 0.5) is 5.69 Å². The topological polar surface area (TPSA) is 46.9 Å². The van der Waals surface area contributed by atoms with Gasteiger partial charge < -0.3 is 20.0 Å². The van der Waals surface area contributed by atoms with E-state index in [1.165, 1.54) is 0 Å². The first kappa shape index (κ1) is 15.1. The molecule has 0 saturated carbocycles. The summed E-state index contributed by atoms with van der Waals surface area (Å²) in [5.41, 5.74) is 1.64. The van der Waals surface area contributed by atoms with Crippen LogP contribution in [0.3, 0.4) is 0 Å². The molecule has 1 aliphatic rings. The molecular weight excluding hydrogens is 252 g/mol. The molecule has 4 heteroatoms. The van der Waals surface area contributed by atoms with E-state index in [1.807, 2.05) is 12.1 Å². The van der Waals surface area contributed by atoms with Gasteiger partial charge in [0.15, 0.2) is 0 Å². The number of aromatic hydroxyl groups is 1. The van der Waals surface area contributed by atoms with E-state index in [0.29, 0.717) is 11.6 Å². The summed E-state index contributed by atoms with van der Waals surface area (Å²) in [5.74, 6) is 0.185. The Labute approximate surface area is 121 Å². The Morgan fingerprint density at radius 2 is 2.10 bits per heavy atom. The lowest BCUT2D eigenvalue weighted by Crippen LogP contribution is -2.39. The summed E-state index contributed by atoms with van der Waals surface area (Å²) in [6.45, 7) is 7.06. The quantitative estimate of drug-likeness (QED) is 0.891. The van der Waals surface area contributed by atoms with Crippen LogP contribution in [0.25, 0.3) is 0 Å². The lowest BCUT2D eigenvalue weighted by Gasteiger charge is -2.32. The van der Waals surface area contributed by atoms with Gasteiger partial charge in [0.1, 0.15) is 5.75 Å². The highest BCUT2D eigenvalue weighted by Crippen LogP contribution is 2.31. The highest BCUT2D eigenvalue weighted by Gasteiger charge is 2.23. The van der Waals surface area contributed by atoms with Gasteiger partial charge in [0.25, 0.3) is 0 Å². The van der Waals surface area contributed by atoms with Crippen LogP contribution in [-0.4, -0.2) is 47.8 Å². The molecule has 1 aromatic carbocycles. The molecule has 0 bridgehead atoms. The molecule has 0 amide bonds. The van der Waals surface area contributed by atoms with Crippen LogP contribution in [0.2, 0.25) is 0 Å². The number of aliphatic hydroxyl groups excluding tert-OH is 1. The maximum Gasteiger partial charge on any atom is 0.123 e. The molecule has 1 heterocycles. The van der Waals surface area contributed by atoms with Crippen LogP contribution >= 0.6 is 0 Å². The number of likely N-dealkylation sites (N-methyl/N-ethyl adjacent to an activating group) is 1. The second-order valence-electron chi connectivity index (χ2n) is 5.79. The van der Waals surface area contributed by atoms with E-state index in [4.69, 9.17) is 0 Å². The number of phenolic OH excluding ortho intramolecular Hbond substituents is 1. The summed E-state index contributed by atoms with van der Waals surface area (Å²) in [6, 6.07) is 6.10. The van der Waals surface area contributed by atoms with Gasteiger partial charge in [-0.15, -0.1) is 0 Å². The Balaban J connectivity index is 2.26. The highest BCUT2D eigenvalue weighted by atomic mass is 16.3. The molecule has 1 aliphatic heterocycles. The normalized spacial score (nSPS) is 22.6. The van der Waals surface area contributed by atoms with Crippen molar-refractivity contribution in [2.24, 2.45) is 0 Å². The van der Waals surface area contributed by atoms with Gasteiger partial charge in [-0.1, -0.05) is 13.0 Å². The number of hydrogen-bond acceptors (Lipinski definition) is 4. The summed E-state index contributed by atoms with van der Waals surface area (Å²) in [7, 11) is 2.17. The van der Waals surface area contributed by atoms with Gasteiger partial charge >= 0.3 is 0 Å². The van der Waals surface area contributed by atoms with Gasteiger partial charge in [-0.25, -0.2) is 0 Å². The Bertz CT molecular complexity index is 448. The smallest absolute Gasteiger partial charge is 0.123 e. The maximum atomic E-state index is 10.1. The number of aliphatic hydroxyl groups is 1. The standard InChI is InChI=1S/C16H26N2O2/c1-4-13-11-17(3)8-5-9-18(13)14-6-7-15(12(2)19)16(20)10-14/h6-7,10,12-13,19-20H,4-5,8-9,11H2,1-3H3. The number of hydrogen-bond donors (Lipinski definition) is 2. The zero-order valence-electron chi connectivity index (χ0n) is 12.7. The highest BCUT2D eigenvalue weighted by molar-refractivity contribution is 5.54. The average molecular weight is 278 g/mol. The van der Waals surface area contributed by atoms with Crippen LogP contribution in [0.1, 0.15) is 38.4 Å². The molecule has 0 aromatic heterocycles. The number of rotatable bonds is 3. The summed E-state index contributed by atoms with van der Waals surface area (Å²) < 4.78 is 0. The zero-order valence-corrected chi connectivity index (χ0v) is 12.7. The van der Waals surface area contributed by atoms with Crippen molar-refractivity contribution in [2.75, 3.05) is 31.6 Å². The first-order valence-corrected chi connectivity index (χ1v) is 7.49. The Morgan fingerprint density at radius 3 is 2.70 bits per heavy atom. The largest absolute Gasteiger partial charge is 0.507 e. The minimum atomic E-state index is -0.638. The average Bonchev–Trinajstić information content (AvgIpc) is 2.59. The Hall–Kier alpha value is -1.26. The molecule has 0 aliphatic carbocycles. The van der Waals surface area contributed by atoms with Crippen molar-refractivity contribution >= 4 is 5.69 Å². The van der Waals surface area contributed by atoms with Gasteiger partial charge in [0.05, 0.1) is 6.10 Å². The number of benzene rings is 1. The van der Waals surface area contributed by atoms with Crippen molar-refractivity contribution in [3.8, 4) is 5.75 Å². The molecule has 1 saturated heterocycles. The van der Waals surface area contributed by atoms with Crippen molar-refractivity contribution in [2.45, 2.75) is 38.8 Å². The summed E-state index contributed by atoms with van der Waals surface area (Å²) in [5, 5.41) is 19.7. The first-order valence-electron chi connectivity index (χ1n) is 7.49. The third-order valence-electron chi connectivity index (χ3n) is 4.17. The molecular formula is C16H26N2O2. The summed E-state index contributed by atoms with van der Waals surface area (Å²) in [4.78, 5) is 4.76. The van der Waals surface area contributed by atoms with E-state index in [1.54, 1.807) is 13.0 Å². The molecule has 0 radical (unpaired) electrons. The predicted octanol–water partition coefficient (Wildman–Crippen LogP) is 2.37. The summed E-state index contributed by atoms with van der Waals surface area (Å²) in [6.07, 6.45) is 1.58. The summed E-state index contributed by atoms with van der Waals surface area (Å²) >= 11 is 0. The predicted molar refractivity (Wildman–Crippen MR) is 82.3 cm³/mol. The van der Waals surface area contributed by atoms with E-state index in [0.717, 1.165) is 38.2 Å². The van der Waals surface area contributed by atoms with Gasteiger partial charge in [-0.3, -0.25) is 0 Å². The number of anilines is 1. The van der Waals surface area contributed by atoms with E-state index < -0.39 is 6.10 Å². The molecule has 112 valence electrons. The van der Waals surface area contributed by atoms with Gasteiger partial charge in [-0.05, 0) is 39.4 Å². The Kier molecular flexibility index (Phi) is 4.89. The number of nitrogens with zero attached hydrogens (tertiary/aromatic N) is 2. The molecule has 1 fully saturated rings. The minimum absolute atomic E-state index is 0.185. The van der Waals surface area contributed by atoms with Crippen molar-refractivity contribution in [1.29, 1.82) is 0 Å². The van der Waals surface area contributed by atoms with Crippen LogP contribution < -0.4 is 4.90 Å². The molecule has 1 aromatic rings. The van der Waals surface area contributed by atoms with Crippen molar-refractivity contribution < 1.29 is 10.2 Å². The van der Waals surface area contributed by atoms with Crippen LogP contribution in [-0.2, 0) is 0 Å². The van der Waals surface area contributed by atoms with Crippen molar-refractivity contribution in [1.82, 2.24) is 4.90 Å². The lowest BCUT2D eigenvalue weighted by molar-refractivity contribution is 0.195. The molecule has 4 nitrogen and oxygen atoms in total. The fourth-order valence-electron chi connectivity index (χ4n) is 3.00. The van der Waals surface area contributed by atoms with Crippen LogP contribution in [0, 0.1) is 0 Å². The SMILES string of the molecule is CCC1CN(C)CCCN1c1ccc(C(C)O)c(O)c1. The zero-order chi connectivity index (χ0) is 14.7. The Morgan fingerprint density at radius 1 is 1.35 bits per heavy atom. The molecule has 0 spiro atoms. The third-order valence-corrected chi connectivity index (χ3v) is 4.17. The van der Waals surface area contributed by atoms with Gasteiger partial charge in [-0.2, -0.15) is 0 Å². The molecule has 2 N–H and O–H groups in total. The van der Waals surface area contributed by atoms with Gasteiger partial charge in [0.2, 0.25) is 0 Å². The fourth-order valence-corrected chi connectivity index (χ4v) is 3.00. The van der Waals surface area contributed by atoms with Crippen LogP contribution in [0.15, 0.2) is 18.2 Å². The lowest BCUT2D eigenvalue weighted by atomic mass is 10.1. The van der Waals surface area contributed by atoms with Crippen LogP contribution in [0.5, 0.6) is 5.75 Å². The van der Waals surface area contributed by atoms with Crippen molar-refractivity contribution in [3.63, 3.8) is 0 Å². The maximum absolute atomic E-state index is 10.1. The van der Waals surface area contributed by atoms with E-state index in [9.17, 15) is 10.2 Å². The third kappa shape index (κ3) is 3.25. The monoisotopic (exact) mass is 278 g/mol.